The van der Waals surface area contributed by atoms with Gasteiger partial charge in [0.25, 0.3) is 0 Å². The van der Waals surface area contributed by atoms with Crippen LogP contribution in [-0.4, -0.2) is 22.0 Å². The number of ether oxygens (including phenoxy) is 2. The van der Waals surface area contributed by atoms with E-state index in [1.807, 2.05) is 0 Å². The van der Waals surface area contributed by atoms with Crippen LogP contribution in [0.3, 0.4) is 0 Å². The Morgan fingerprint density at radius 1 is 1.26 bits per heavy atom. The molecule has 0 atom stereocenters. The molecule has 0 fully saturated rings. The van der Waals surface area contributed by atoms with Gasteiger partial charge in [0.15, 0.2) is 17.3 Å². The van der Waals surface area contributed by atoms with Crippen LogP contribution in [0.5, 0.6) is 17.2 Å². The number of hydrogen-bond donors (Lipinski definition) is 2. The first kappa shape index (κ1) is 11.8. The summed E-state index contributed by atoms with van der Waals surface area (Å²) in [6, 6.07) is 3.31. The van der Waals surface area contributed by atoms with E-state index in [-0.39, 0.29) is 12.5 Å². The van der Waals surface area contributed by atoms with Crippen molar-refractivity contribution in [1.82, 2.24) is 15.5 Å². The normalized spacial score (nSPS) is 12.9. The van der Waals surface area contributed by atoms with Crippen LogP contribution in [0.15, 0.2) is 16.7 Å². The van der Waals surface area contributed by atoms with Crippen molar-refractivity contribution >= 4 is 0 Å². The lowest BCUT2D eigenvalue weighted by atomic mass is 10.1. The van der Waals surface area contributed by atoms with E-state index in [0.29, 0.717) is 36.3 Å². The minimum Gasteiger partial charge on any atom is -0.507 e. The predicted molar refractivity (Wildman–Crippen MR) is 63.8 cm³/mol. The molecule has 2 aromatic rings. The van der Waals surface area contributed by atoms with Crippen LogP contribution >= 0.6 is 0 Å². The highest BCUT2D eigenvalue weighted by molar-refractivity contribution is 5.51. The molecule has 0 radical (unpaired) electrons. The van der Waals surface area contributed by atoms with Gasteiger partial charge >= 0.3 is 0 Å². The third kappa shape index (κ3) is 2.45. The molecule has 0 bridgehead atoms. The zero-order valence-electron chi connectivity index (χ0n) is 10.3. The van der Waals surface area contributed by atoms with Crippen LogP contribution in [0, 0.1) is 6.92 Å². The van der Waals surface area contributed by atoms with E-state index in [2.05, 4.69) is 15.5 Å². The maximum absolute atomic E-state index is 9.85. The number of phenolic OH excluding ortho intramolecular Hbond substituents is 1. The van der Waals surface area contributed by atoms with Crippen molar-refractivity contribution in [3.63, 3.8) is 0 Å². The fourth-order valence-corrected chi connectivity index (χ4v) is 1.84. The van der Waals surface area contributed by atoms with E-state index in [1.165, 1.54) is 0 Å². The van der Waals surface area contributed by atoms with Gasteiger partial charge in [-0.2, -0.15) is 4.98 Å². The summed E-state index contributed by atoms with van der Waals surface area (Å²) in [5, 5.41) is 16.7. The molecule has 7 heteroatoms. The highest BCUT2D eigenvalue weighted by Gasteiger charge is 2.16. The number of aromatic nitrogens is 2. The first-order valence-electron chi connectivity index (χ1n) is 5.84. The summed E-state index contributed by atoms with van der Waals surface area (Å²) in [6.45, 7) is 2.86. The van der Waals surface area contributed by atoms with Crippen molar-refractivity contribution in [1.29, 1.82) is 0 Å². The molecule has 7 nitrogen and oxygen atoms in total. The third-order valence-corrected chi connectivity index (χ3v) is 2.74. The minimum absolute atomic E-state index is 0.168. The molecule has 1 aliphatic heterocycles. The number of rotatable bonds is 4. The zero-order valence-corrected chi connectivity index (χ0v) is 10.3. The molecule has 2 heterocycles. The zero-order chi connectivity index (χ0) is 13.2. The molecule has 2 N–H and O–H groups in total. The van der Waals surface area contributed by atoms with Crippen LogP contribution in [0.4, 0.5) is 0 Å². The van der Waals surface area contributed by atoms with Gasteiger partial charge < -0.3 is 24.4 Å². The fourth-order valence-electron chi connectivity index (χ4n) is 1.84. The van der Waals surface area contributed by atoms with Gasteiger partial charge in [0.1, 0.15) is 5.75 Å². The van der Waals surface area contributed by atoms with E-state index in [0.717, 1.165) is 5.56 Å². The summed E-state index contributed by atoms with van der Waals surface area (Å²) < 4.78 is 15.3. The summed E-state index contributed by atoms with van der Waals surface area (Å²) in [7, 11) is 0. The highest BCUT2D eigenvalue weighted by atomic mass is 16.7. The maximum atomic E-state index is 9.85. The van der Waals surface area contributed by atoms with Gasteiger partial charge in [0, 0.05) is 25.1 Å². The van der Waals surface area contributed by atoms with Gasteiger partial charge in [-0.1, -0.05) is 5.16 Å². The molecule has 100 valence electrons. The van der Waals surface area contributed by atoms with Gasteiger partial charge in [0.05, 0.1) is 6.54 Å². The van der Waals surface area contributed by atoms with E-state index in [1.54, 1.807) is 19.1 Å². The molecule has 0 saturated carbocycles. The number of aromatic hydroxyl groups is 1. The molecule has 1 aromatic heterocycles. The van der Waals surface area contributed by atoms with Crippen LogP contribution in [0.1, 0.15) is 17.3 Å². The van der Waals surface area contributed by atoms with Gasteiger partial charge in [0.2, 0.25) is 12.7 Å². The van der Waals surface area contributed by atoms with Crippen molar-refractivity contribution < 1.29 is 19.1 Å². The molecule has 19 heavy (non-hydrogen) atoms. The summed E-state index contributed by atoms with van der Waals surface area (Å²) in [5.41, 5.74) is 0.726. The number of nitrogens with one attached hydrogen (secondary N) is 1. The number of hydrogen-bond acceptors (Lipinski definition) is 7. The topological polar surface area (TPSA) is 89.6 Å². The summed E-state index contributed by atoms with van der Waals surface area (Å²) >= 11 is 0. The highest BCUT2D eigenvalue weighted by Crippen LogP contribution is 2.37. The number of nitrogens with zero attached hydrogens (tertiary/aromatic N) is 2. The summed E-state index contributed by atoms with van der Waals surface area (Å²) in [6.07, 6.45) is 0. The van der Waals surface area contributed by atoms with Gasteiger partial charge in [-0.05, 0) is 6.07 Å². The molecule has 0 unspecified atom stereocenters. The Morgan fingerprint density at radius 3 is 2.79 bits per heavy atom. The van der Waals surface area contributed by atoms with E-state index < -0.39 is 0 Å². The van der Waals surface area contributed by atoms with E-state index >= 15 is 0 Å². The summed E-state index contributed by atoms with van der Waals surface area (Å²) in [4.78, 5) is 4.07. The Kier molecular flexibility index (Phi) is 2.96. The maximum Gasteiger partial charge on any atom is 0.231 e. The Balaban J connectivity index is 1.64. The molecule has 1 aromatic carbocycles. The number of benzene rings is 1. The fraction of sp³-hybridized carbons (Fsp3) is 0.333. The minimum atomic E-state index is 0.168. The van der Waals surface area contributed by atoms with Crippen LogP contribution in [0.25, 0.3) is 0 Å². The average Bonchev–Trinajstić information content (AvgIpc) is 2.98. The largest absolute Gasteiger partial charge is 0.507 e. The lowest BCUT2D eigenvalue weighted by Gasteiger charge is -2.06. The molecule has 0 aliphatic carbocycles. The molecule has 0 spiro atoms. The number of phenols is 1. The molecule has 0 saturated heterocycles. The second kappa shape index (κ2) is 4.77. The Bertz CT molecular complexity index is 597. The SMILES string of the molecule is Cc1nc(CNCc2cc3c(cc2O)OCO3)no1. The van der Waals surface area contributed by atoms with Crippen molar-refractivity contribution in [2.75, 3.05) is 6.79 Å². The molecule has 3 rings (SSSR count). The quantitative estimate of drug-likeness (QED) is 0.853. The number of fused-ring (bicyclic) bond motifs is 1. The van der Waals surface area contributed by atoms with Gasteiger partial charge in [-0.25, -0.2) is 0 Å². The lowest BCUT2D eigenvalue weighted by molar-refractivity contribution is 0.174. The van der Waals surface area contributed by atoms with Crippen LogP contribution in [-0.2, 0) is 13.1 Å². The second-order valence-corrected chi connectivity index (χ2v) is 4.17. The van der Waals surface area contributed by atoms with Crippen molar-refractivity contribution in [3.05, 3.63) is 29.4 Å². The standard InChI is InChI=1S/C12H13N3O4/c1-7-14-12(15-19-7)5-13-4-8-2-10-11(3-9(8)16)18-6-17-10/h2-3,13,16H,4-6H2,1H3. The summed E-state index contributed by atoms with van der Waals surface area (Å²) in [5.74, 6) is 2.49. The van der Waals surface area contributed by atoms with Crippen LogP contribution in [0.2, 0.25) is 0 Å². The first-order valence-corrected chi connectivity index (χ1v) is 5.84. The van der Waals surface area contributed by atoms with Crippen molar-refractivity contribution in [2.24, 2.45) is 0 Å². The van der Waals surface area contributed by atoms with Crippen molar-refractivity contribution in [3.8, 4) is 17.2 Å². The molecule has 1 aliphatic rings. The predicted octanol–water partition coefficient (Wildman–Crippen LogP) is 1.10. The smallest absolute Gasteiger partial charge is 0.231 e. The second-order valence-electron chi connectivity index (χ2n) is 4.17. The molecular formula is C12H13N3O4. The first-order chi connectivity index (χ1) is 9.22. The Labute approximate surface area is 109 Å². The van der Waals surface area contributed by atoms with Crippen LogP contribution < -0.4 is 14.8 Å². The molecule has 0 amide bonds. The average molecular weight is 263 g/mol. The molecular weight excluding hydrogens is 250 g/mol. The van der Waals surface area contributed by atoms with E-state index in [9.17, 15) is 5.11 Å². The van der Waals surface area contributed by atoms with Crippen molar-refractivity contribution in [2.45, 2.75) is 20.0 Å². The third-order valence-electron chi connectivity index (χ3n) is 2.74. The lowest BCUT2D eigenvalue weighted by Crippen LogP contribution is -2.13. The Hall–Kier alpha value is -2.28. The van der Waals surface area contributed by atoms with Gasteiger partial charge in [-0.15, -0.1) is 0 Å². The Morgan fingerprint density at radius 2 is 2.05 bits per heavy atom. The number of aryl methyl sites for hydroxylation is 1. The monoisotopic (exact) mass is 263 g/mol. The van der Waals surface area contributed by atoms with Gasteiger partial charge in [-0.3, -0.25) is 0 Å². The van der Waals surface area contributed by atoms with E-state index in [4.69, 9.17) is 14.0 Å².